The Kier molecular flexibility index (Phi) is 4.50. The number of rotatable bonds is 4. The van der Waals surface area contributed by atoms with Gasteiger partial charge in [0.25, 0.3) is 0 Å². The fraction of sp³-hybridized carbons (Fsp3) is 0.619. The van der Waals surface area contributed by atoms with Crippen LogP contribution in [-0.4, -0.2) is 46.8 Å². The number of carbonyl (C=O) groups excluding carboxylic acids is 2. The molecule has 140 valence electrons. The lowest BCUT2D eigenvalue weighted by molar-refractivity contribution is -0.156. The van der Waals surface area contributed by atoms with Gasteiger partial charge in [-0.05, 0) is 62.6 Å². The average molecular weight is 375 g/mol. The quantitative estimate of drug-likeness (QED) is 0.805. The second kappa shape index (κ2) is 6.56. The standard InChI is InChI=1S/C21H27ClN2O2/c1-2-13-23-14-3-9-21(19(23)26)10-4-15-24(21)18(25)20(11-12-20)16-5-7-17(22)8-6-16/h5-8H,2-4,9-15H2,1H3. The number of nitrogens with zero attached hydrogens (tertiary/aromatic N) is 2. The second-order valence-electron chi connectivity index (χ2n) is 8.08. The highest BCUT2D eigenvalue weighted by Gasteiger charge is 2.60. The number of carbonyl (C=O) groups is 2. The zero-order valence-corrected chi connectivity index (χ0v) is 16.2. The smallest absolute Gasteiger partial charge is 0.248 e. The van der Waals surface area contributed by atoms with Gasteiger partial charge in [-0.3, -0.25) is 9.59 Å². The summed E-state index contributed by atoms with van der Waals surface area (Å²) < 4.78 is 0. The predicted molar refractivity (Wildman–Crippen MR) is 102 cm³/mol. The van der Waals surface area contributed by atoms with Gasteiger partial charge in [0.15, 0.2) is 0 Å². The monoisotopic (exact) mass is 374 g/mol. The Hall–Kier alpha value is -1.55. The molecule has 3 fully saturated rings. The highest BCUT2D eigenvalue weighted by Crippen LogP contribution is 2.52. The Labute approximate surface area is 160 Å². The molecule has 0 bridgehead atoms. The van der Waals surface area contributed by atoms with Gasteiger partial charge in [0, 0.05) is 24.7 Å². The molecule has 2 heterocycles. The second-order valence-corrected chi connectivity index (χ2v) is 8.51. The van der Waals surface area contributed by atoms with Gasteiger partial charge in [0.1, 0.15) is 5.54 Å². The van der Waals surface area contributed by atoms with Crippen LogP contribution in [-0.2, 0) is 15.0 Å². The molecule has 5 heteroatoms. The summed E-state index contributed by atoms with van der Waals surface area (Å²) in [6.45, 7) is 4.44. The summed E-state index contributed by atoms with van der Waals surface area (Å²) in [7, 11) is 0. The van der Waals surface area contributed by atoms with E-state index in [9.17, 15) is 9.59 Å². The molecule has 4 rings (SSSR count). The largest absolute Gasteiger partial charge is 0.341 e. The molecule has 0 aromatic heterocycles. The summed E-state index contributed by atoms with van der Waals surface area (Å²) in [6, 6.07) is 7.67. The van der Waals surface area contributed by atoms with Gasteiger partial charge >= 0.3 is 0 Å². The number of halogens is 1. The lowest BCUT2D eigenvalue weighted by Gasteiger charge is -2.45. The molecule has 1 aromatic carbocycles. The molecule has 1 aromatic rings. The summed E-state index contributed by atoms with van der Waals surface area (Å²) in [5.74, 6) is 0.340. The van der Waals surface area contributed by atoms with Crippen molar-refractivity contribution in [3.05, 3.63) is 34.9 Å². The van der Waals surface area contributed by atoms with Crippen molar-refractivity contribution >= 4 is 23.4 Å². The van der Waals surface area contributed by atoms with Gasteiger partial charge in [-0.2, -0.15) is 0 Å². The minimum atomic E-state index is -0.591. The van der Waals surface area contributed by atoms with Crippen molar-refractivity contribution in [3.8, 4) is 0 Å². The van der Waals surface area contributed by atoms with Crippen molar-refractivity contribution in [1.82, 2.24) is 9.80 Å². The van der Waals surface area contributed by atoms with Crippen molar-refractivity contribution in [3.63, 3.8) is 0 Å². The summed E-state index contributed by atoms with van der Waals surface area (Å²) in [5.41, 5.74) is 0.0181. The number of hydrogen-bond donors (Lipinski definition) is 0. The van der Waals surface area contributed by atoms with Crippen LogP contribution in [0.3, 0.4) is 0 Å². The third-order valence-electron chi connectivity index (χ3n) is 6.49. The lowest BCUT2D eigenvalue weighted by atomic mass is 9.83. The zero-order valence-electron chi connectivity index (χ0n) is 15.5. The van der Waals surface area contributed by atoms with Crippen LogP contribution in [0.15, 0.2) is 24.3 Å². The van der Waals surface area contributed by atoms with Crippen LogP contribution < -0.4 is 0 Å². The third kappa shape index (κ3) is 2.65. The Morgan fingerprint density at radius 2 is 1.73 bits per heavy atom. The number of likely N-dealkylation sites (tertiary alicyclic amines) is 2. The van der Waals surface area contributed by atoms with E-state index in [1.165, 1.54) is 0 Å². The molecule has 1 saturated carbocycles. The molecular weight excluding hydrogens is 348 g/mol. The predicted octanol–water partition coefficient (Wildman–Crippen LogP) is 3.77. The molecule has 2 saturated heterocycles. The molecule has 0 N–H and O–H groups in total. The molecule has 4 nitrogen and oxygen atoms in total. The molecule has 1 spiro atoms. The number of piperidine rings is 1. The average Bonchev–Trinajstić information content (AvgIpc) is 3.34. The van der Waals surface area contributed by atoms with E-state index in [1.54, 1.807) is 0 Å². The van der Waals surface area contributed by atoms with Crippen molar-refractivity contribution in [1.29, 1.82) is 0 Å². The molecule has 26 heavy (non-hydrogen) atoms. The summed E-state index contributed by atoms with van der Waals surface area (Å²) in [6.07, 6.45) is 6.24. The van der Waals surface area contributed by atoms with Crippen LogP contribution in [0.5, 0.6) is 0 Å². The summed E-state index contributed by atoms with van der Waals surface area (Å²) in [4.78, 5) is 30.9. The van der Waals surface area contributed by atoms with E-state index in [1.807, 2.05) is 34.1 Å². The van der Waals surface area contributed by atoms with Gasteiger partial charge in [-0.15, -0.1) is 0 Å². The van der Waals surface area contributed by atoms with Gasteiger partial charge in [-0.25, -0.2) is 0 Å². The highest BCUT2D eigenvalue weighted by molar-refractivity contribution is 6.30. The molecule has 1 atom stereocenters. The van der Waals surface area contributed by atoms with Gasteiger partial charge in [0.2, 0.25) is 11.8 Å². The molecular formula is C21H27ClN2O2. The minimum absolute atomic E-state index is 0.157. The Balaban J connectivity index is 1.63. The molecule has 1 unspecified atom stereocenters. The Bertz CT molecular complexity index is 711. The third-order valence-corrected chi connectivity index (χ3v) is 6.74. The topological polar surface area (TPSA) is 40.6 Å². The maximum atomic E-state index is 13.6. The van der Waals surface area contributed by atoms with E-state index in [-0.39, 0.29) is 11.8 Å². The fourth-order valence-corrected chi connectivity index (χ4v) is 5.11. The van der Waals surface area contributed by atoms with Crippen LogP contribution in [0.2, 0.25) is 5.02 Å². The number of benzene rings is 1. The molecule has 1 aliphatic carbocycles. The fourth-order valence-electron chi connectivity index (χ4n) is 4.98. The van der Waals surface area contributed by atoms with E-state index in [0.717, 1.165) is 63.6 Å². The first-order chi connectivity index (χ1) is 12.5. The Morgan fingerprint density at radius 1 is 1.08 bits per heavy atom. The number of amides is 2. The maximum Gasteiger partial charge on any atom is 0.248 e. The van der Waals surface area contributed by atoms with E-state index in [4.69, 9.17) is 11.6 Å². The summed E-state index contributed by atoms with van der Waals surface area (Å²) in [5, 5.41) is 0.687. The van der Waals surface area contributed by atoms with Crippen LogP contribution in [0, 0.1) is 0 Å². The van der Waals surface area contributed by atoms with Crippen molar-refractivity contribution < 1.29 is 9.59 Å². The van der Waals surface area contributed by atoms with Crippen molar-refractivity contribution in [2.75, 3.05) is 19.6 Å². The van der Waals surface area contributed by atoms with Crippen LogP contribution in [0.25, 0.3) is 0 Å². The van der Waals surface area contributed by atoms with Crippen molar-refractivity contribution in [2.45, 2.75) is 62.8 Å². The first-order valence-corrected chi connectivity index (χ1v) is 10.3. The first kappa shape index (κ1) is 17.8. The normalized spacial score (nSPS) is 27.2. The summed E-state index contributed by atoms with van der Waals surface area (Å²) >= 11 is 6.02. The molecule has 2 amide bonds. The SMILES string of the molecule is CCCN1CCCC2(CCCN2C(=O)C2(c3ccc(Cl)cc3)CC2)C1=O. The first-order valence-electron chi connectivity index (χ1n) is 9.91. The maximum absolute atomic E-state index is 13.6. The van der Waals surface area contributed by atoms with Gasteiger partial charge in [-0.1, -0.05) is 30.7 Å². The van der Waals surface area contributed by atoms with Crippen LogP contribution >= 0.6 is 11.6 Å². The van der Waals surface area contributed by atoms with E-state index < -0.39 is 11.0 Å². The lowest BCUT2D eigenvalue weighted by Crippen LogP contribution is -2.62. The van der Waals surface area contributed by atoms with Crippen LogP contribution in [0.1, 0.15) is 57.4 Å². The Morgan fingerprint density at radius 3 is 2.35 bits per heavy atom. The molecule has 2 aliphatic heterocycles. The van der Waals surface area contributed by atoms with E-state index in [2.05, 4.69) is 6.92 Å². The van der Waals surface area contributed by atoms with E-state index in [0.29, 0.717) is 11.6 Å². The van der Waals surface area contributed by atoms with Gasteiger partial charge in [0.05, 0.1) is 5.41 Å². The van der Waals surface area contributed by atoms with E-state index >= 15 is 0 Å². The minimum Gasteiger partial charge on any atom is -0.341 e. The molecule has 0 radical (unpaired) electrons. The molecule has 3 aliphatic rings. The number of hydrogen-bond acceptors (Lipinski definition) is 2. The van der Waals surface area contributed by atoms with Gasteiger partial charge < -0.3 is 9.80 Å². The van der Waals surface area contributed by atoms with Crippen LogP contribution in [0.4, 0.5) is 0 Å². The van der Waals surface area contributed by atoms with Crippen molar-refractivity contribution in [2.24, 2.45) is 0 Å². The highest BCUT2D eigenvalue weighted by atomic mass is 35.5. The zero-order chi connectivity index (χ0) is 18.4.